The van der Waals surface area contributed by atoms with Gasteiger partial charge in [0.15, 0.2) is 0 Å². The minimum Gasteiger partial charge on any atom is -1.00 e. The molecule has 0 aliphatic heterocycles. The number of halogens is 1. The van der Waals surface area contributed by atoms with Crippen molar-refractivity contribution < 1.29 is 26.4 Å². The second-order valence-corrected chi connectivity index (χ2v) is 10.1. The Morgan fingerprint density at radius 3 is 1.15 bits per heavy atom. The molecule has 0 aliphatic carbocycles. The van der Waals surface area contributed by atoms with Gasteiger partial charge in [0.25, 0.3) is 0 Å². The summed E-state index contributed by atoms with van der Waals surface area (Å²) in [6.45, 7) is 14.6. The zero-order valence-corrected chi connectivity index (χ0v) is 24.1. The number of quaternary nitrogens is 1. The van der Waals surface area contributed by atoms with Crippen LogP contribution < -0.4 is 12.4 Å². The van der Waals surface area contributed by atoms with Crippen LogP contribution in [0.25, 0.3) is 0 Å². The summed E-state index contributed by atoms with van der Waals surface area (Å²) in [7, 11) is 1.76. The van der Waals surface area contributed by atoms with Gasteiger partial charge in [0.2, 0.25) is 0 Å². The minimum absolute atomic E-state index is 0. The van der Waals surface area contributed by atoms with E-state index in [4.69, 9.17) is 9.47 Å². The van der Waals surface area contributed by atoms with Gasteiger partial charge in [0.05, 0.1) is 39.5 Å². The molecule has 0 fully saturated rings. The molecule has 202 valence electrons. The maximum Gasteiger partial charge on any atom is 0.102 e. The highest BCUT2D eigenvalue weighted by Gasteiger charge is 2.26. The molecule has 0 spiro atoms. The lowest BCUT2D eigenvalue weighted by Crippen LogP contribution is -3.00. The molecule has 0 atom stereocenters. The van der Waals surface area contributed by atoms with Crippen LogP contribution in [0.15, 0.2) is 0 Å². The highest BCUT2D eigenvalue weighted by atomic mass is 35.5. The Kier molecular flexibility index (Phi) is 30.4. The summed E-state index contributed by atoms with van der Waals surface area (Å²) in [6, 6.07) is 0. The van der Waals surface area contributed by atoms with E-state index in [0.29, 0.717) is 6.61 Å². The summed E-state index contributed by atoms with van der Waals surface area (Å²) in [5, 5.41) is 0. The van der Waals surface area contributed by atoms with Gasteiger partial charge in [0.1, 0.15) is 6.54 Å². The molecular formula is C29H62ClNO2. The Hall–Kier alpha value is 0.170. The van der Waals surface area contributed by atoms with Crippen molar-refractivity contribution in [3.63, 3.8) is 0 Å². The van der Waals surface area contributed by atoms with E-state index in [-0.39, 0.29) is 12.4 Å². The van der Waals surface area contributed by atoms with Gasteiger partial charge in [-0.25, -0.2) is 0 Å². The van der Waals surface area contributed by atoms with Crippen molar-refractivity contribution in [2.75, 3.05) is 53.1 Å². The first-order valence-corrected chi connectivity index (χ1v) is 14.7. The highest BCUT2D eigenvalue weighted by Crippen LogP contribution is 2.18. The van der Waals surface area contributed by atoms with Crippen molar-refractivity contribution in [3.8, 4) is 0 Å². The van der Waals surface area contributed by atoms with Crippen LogP contribution in [0.2, 0.25) is 0 Å². The molecule has 0 bridgehead atoms. The molecule has 0 N–H and O–H groups in total. The van der Waals surface area contributed by atoms with Crippen molar-refractivity contribution in [2.45, 2.75) is 136 Å². The first-order chi connectivity index (χ1) is 15.7. The zero-order valence-electron chi connectivity index (χ0n) is 23.3. The van der Waals surface area contributed by atoms with Crippen LogP contribution in [-0.2, 0) is 9.47 Å². The number of hydrogen-bond donors (Lipinski definition) is 0. The van der Waals surface area contributed by atoms with Gasteiger partial charge in [-0.3, -0.25) is 0 Å². The lowest BCUT2D eigenvalue weighted by molar-refractivity contribution is -0.929. The predicted octanol–water partition coefficient (Wildman–Crippen LogP) is 5.55. The maximum absolute atomic E-state index is 5.97. The fraction of sp³-hybridized carbons (Fsp3) is 1.00. The number of nitrogens with zero attached hydrogens (tertiary/aromatic N) is 1. The molecule has 4 heteroatoms. The Morgan fingerprint density at radius 2 is 0.788 bits per heavy atom. The Balaban J connectivity index is 0. The predicted molar refractivity (Wildman–Crippen MR) is 143 cm³/mol. The summed E-state index contributed by atoms with van der Waals surface area (Å²) >= 11 is 0. The summed E-state index contributed by atoms with van der Waals surface area (Å²) in [5.41, 5.74) is 0. The first-order valence-electron chi connectivity index (χ1n) is 14.7. The number of methoxy groups -OCH3 is 1. The van der Waals surface area contributed by atoms with E-state index in [1.54, 1.807) is 7.11 Å². The molecule has 33 heavy (non-hydrogen) atoms. The van der Waals surface area contributed by atoms with Gasteiger partial charge < -0.3 is 26.4 Å². The van der Waals surface area contributed by atoms with Crippen molar-refractivity contribution in [2.24, 2.45) is 0 Å². The van der Waals surface area contributed by atoms with Gasteiger partial charge in [-0.15, -0.1) is 0 Å². The average Bonchev–Trinajstić information content (AvgIpc) is 2.80. The van der Waals surface area contributed by atoms with Crippen LogP contribution >= 0.6 is 0 Å². The van der Waals surface area contributed by atoms with Crippen molar-refractivity contribution in [1.29, 1.82) is 0 Å². The number of ether oxygens (including phenoxy) is 2. The Bertz CT molecular complexity index is 314. The monoisotopic (exact) mass is 491 g/mol. The average molecular weight is 492 g/mol. The molecule has 0 aromatic heterocycles. The molecule has 0 rings (SSSR count). The second-order valence-electron chi connectivity index (χ2n) is 10.1. The summed E-state index contributed by atoms with van der Waals surface area (Å²) in [5.74, 6) is 0. The van der Waals surface area contributed by atoms with E-state index in [9.17, 15) is 0 Å². The lowest BCUT2D eigenvalue weighted by atomic mass is 10.1. The fourth-order valence-electron chi connectivity index (χ4n) is 4.86. The SMILES string of the molecule is CCCCCCCC[N+](CCCCCCCC)(CCCCCCCC)CCOCCOC.[Cl-]. The van der Waals surface area contributed by atoms with Crippen LogP contribution in [0.3, 0.4) is 0 Å². The van der Waals surface area contributed by atoms with E-state index in [1.807, 2.05) is 0 Å². The van der Waals surface area contributed by atoms with Gasteiger partial charge in [-0.2, -0.15) is 0 Å². The van der Waals surface area contributed by atoms with Gasteiger partial charge in [-0.1, -0.05) is 97.8 Å². The largest absolute Gasteiger partial charge is 1.00 e. The quantitative estimate of drug-likeness (QED) is 0.111. The molecule has 0 aromatic carbocycles. The first kappa shape index (κ1) is 35.3. The van der Waals surface area contributed by atoms with E-state index in [2.05, 4.69) is 20.8 Å². The zero-order chi connectivity index (χ0) is 23.6. The Morgan fingerprint density at radius 1 is 0.424 bits per heavy atom. The van der Waals surface area contributed by atoms with Crippen LogP contribution in [0, 0.1) is 0 Å². The number of hydrogen-bond acceptors (Lipinski definition) is 2. The highest BCUT2D eigenvalue weighted by molar-refractivity contribution is 4.54. The van der Waals surface area contributed by atoms with E-state index in [1.165, 1.54) is 146 Å². The third-order valence-corrected chi connectivity index (χ3v) is 7.10. The second kappa shape index (κ2) is 28.4. The van der Waals surface area contributed by atoms with E-state index >= 15 is 0 Å². The van der Waals surface area contributed by atoms with Gasteiger partial charge in [-0.05, 0) is 38.5 Å². The molecule has 0 heterocycles. The van der Waals surface area contributed by atoms with E-state index < -0.39 is 0 Å². The molecule has 0 amide bonds. The topological polar surface area (TPSA) is 18.5 Å². The molecule has 0 aromatic rings. The molecule has 0 unspecified atom stereocenters. The van der Waals surface area contributed by atoms with Crippen LogP contribution in [0.1, 0.15) is 136 Å². The van der Waals surface area contributed by atoms with Crippen molar-refractivity contribution >= 4 is 0 Å². The molecule has 3 nitrogen and oxygen atoms in total. The third-order valence-electron chi connectivity index (χ3n) is 7.10. The molecule has 0 radical (unpaired) electrons. The van der Waals surface area contributed by atoms with Crippen LogP contribution in [0.4, 0.5) is 0 Å². The van der Waals surface area contributed by atoms with Gasteiger partial charge >= 0.3 is 0 Å². The normalized spacial score (nSPS) is 11.6. The summed E-state index contributed by atoms with van der Waals surface area (Å²) in [4.78, 5) is 0. The molecule has 0 saturated carbocycles. The van der Waals surface area contributed by atoms with E-state index in [0.717, 1.165) is 13.2 Å². The summed E-state index contributed by atoms with van der Waals surface area (Å²) in [6.07, 6.45) is 25.2. The van der Waals surface area contributed by atoms with Crippen LogP contribution in [0.5, 0.6) is 0 Å². The van der Waals surface area contributed by atoms with Crippen molar-refractivity contribution in [1.82, 2.24) is 0 Å². The standard InChI is InChI=1S/C29H62NO2.ClH/c1-5-8-11-14-17-20-23-30(26-27-32-29-28-31-4,24-21-18-15-12-9-6-2)25-22-19-16-13-10-7-3;/h5-29H2,1-4H3;1H/q+1;/p-1. The smallest absolute Gasteiger partial charge is 0.102 e. The van der Waals surface area contributed by atoms with Crippen molar-refractivity contribution in [3.05, 3.63) is 0 Å². The molecule has 0 saturated heterocycles. The fourth-order valence-corrected chi connectivity index (χ4v) is 4.86. The molecular weight excluding hydrogens is 430 g/mol. The minimum atomic E-state index is 0. The lowest BCUT2D eigenvalue weighted by Gasteiger charge is -2.39. The maximum atomic E-state index is 5.97. The van der Waals surface area contributed by atoms with Gasteiger partial charge in [0, 0.05) is 7.11 Å². The van der Waals surface area contributed by atoms with Crippen LogP contribution in [-0.4, -0.2) is 57.6 Å². The number of unbranched alkanes of at least 4 members (excludes halogenated alkanes) is 15. The number of rotatable bonds is 27. The summed E-state index contributed by atoms with van der Waals surface area (Å²) < 4.78 is 12.5. The molecule has 0 aliphatic rings. The third kappa shape index (κ3) is 23.7. The Labute approximate surface area is 215 Å².